The zero-order valence-electron chi connectivity index (χ0n) is 29.2. The number of benzene rings is 3. The molecule has 0 saturated carbocycles. The van der Waals surface area contributed by atoms with Crippen molar-refractivity contribution in [2.45, 2.75) is 29.2 Å². The van der Waals surface area contributed by atoms with E-state index in [2.05, 4.69) is 53.4 Å². The maximum atomic E-state index is 14.7. The van der Waals surface area contributed by atoms with Gasteiger partial charge in [0.25, 0.3) is 5.91 Å². The van der Waals surface area contributed by atoms with Crippen LogP contribution in [0.4, 0.5) is 13.2 Å². The molecular weight excluding hydrogens is 858 g/mol. The number of rotatable bonds is 14. The van der Waals surface area contributed by atoms with Gasteiger partial charge in [0.15, 0.2) is 3.55 Å². The van der Waals surface area contributed by atoms with Crippen molar-refractivity contribution in [3.63, 3.8) is 0 Å². The van der Waals surface area contributed by atoms with Gasteiger partial charge in [0, 0.05) is 63.7 Å². The van der Waals surface area contributed by atoms with Crippen molar-refractivity contribution < 1.29 is 22.8 Å². The molecule has 12 heteroatoms. The fraction of sp³-hybridized carbons (Fsp3) is 0.220. The van der Waals surface area contributed by atoms with E-state index in [4.69, 9.17) is 0 Å². The predicted octanol–water partition coefficient (Wildman–Crippen LogP) is 8.93. The second-order valence-electron chi connectivity index (χ2n) is 12.7. The summed E-state index contributed by atoms with van der Waals surface area (Å²) in [5.74, 6) is -0.729. The van der Waals surface area contributed by atoms with Crippen LogP contribution in [0.25, 0.3) is 17.3 Å². The highest BCUT2D eigenvalue weighted by Crippen LogP contribution is 2.34. The van der Waals surface area contributed by atoms with E-state index in [0.29, 0.717) is 25.2 Å². The fourth-order valence-electron chi connectivity index (χ4n) is 5.67. The molecule has 0 bridgehead atoms. The minimum atomic E-state index is -4.48. The van der Waals surface area contributed by atoms with Gasteiger partial charge < -0.3 is 14.7 Å². The summed E-state index contributed by atoms with van der Waals surface area (Å²) in [6, 6.07) is 31.3. The summed E-state index contributed by atoms with van der Waals surface area (Å²) < 4.78 is 39.0. The maximum Gasteiger partial charge on any atom is 0.416 e. The molecule has 1 atom stereocenters. The number of likely N-dealkylation sites (N-methyl/N-ethyl adjacent to an activating group) is 2. The number of hydrogen-bond acceptors (Lipinski definition) is 5. The van der Waals surface area contributed by atoms with Crippen molar-refractivity contribution in [3.05, 3.63) is 160 Å². The predicted molar refractivity (Wildman–Crippen MR) is 214 cm³/mol. The zero-order chi connectivity index (χ0) is 38.0. The first-order valence-corrected chi connectivity index (χ1v) is 18.6. The minimum Gasteiger partial charge on any atom is -0.342 e. The Morgan fingerprint density at radius 2 is 1.45 bits per heavy atom. The first-order valence-electron chi connectivity index (χ1n) is 16.8. The number of hydrogen-bond donors (Lipinski definition) is 0. The number of alkyl halides is 4. The topological polar surface area (TPSA) is 69.6 Å². The van der Waals surface area contributed by atoms with E-state index in [1.165, 1.54) is 24.3 Å². The van der Waals surface area contributed by atoms with Gasteiger partial charge in [0.1, 0.15) is 4.60 Å². The molecule has 0 aliphatic carbocycles. The molecule has 274 valence electrons. The van der Waals surface area contributed by atoms with Gasteiger partial charge in [-0.25, -0.2) is 4.98 Å². The molecule has 7 nitrogen and oxygen atoms in total. The summed E-state index contributed by atoms with van der Waals surface area (Å²) in [6.45, 7) is 1.67. The molecule has 53 heavy (non-hydrogen) atoms. The van der Waals surface area contributed by atoms with Gasteiger partial charge in [-0.3, -0.25) is 14.6 Å². The summed E-state index contributed by atoms with van der Waals surface area (Å²) >= 11 is 5.47. The van der Waals surface area contributed by atoms with Crippen molar-refractivity contribution in [2.24, 2.45) is 0 Å². The van der Waals surface area contributed by atoms with E-state index in [9.17, 15) is 22.8 Å². The first kappa shape index (κ1) is 39.8. The lowest BCUT2D eigenvalue weighted by Gasteiger charge is -2.41. The van der Waals surface area contributed by atoms with Gasteiger partial charge in [-0.2, -0.15) is 13.2 Å². The third-order valence-electron chi connectivity index (χ3n) is 8.62. The standard InChI is InChI=1S/C41H38BrF3IN5O2/c1-49(28-33-15-21-37(42)48-27-33)24-25-50(2)39(53)40(46,26-31-8-4-3-5-9-31)51(29-32-11-17-34(18-12-32)36-10-6-7-23-47-36)38(52)22-16-30-13-19-35(20-14-30)41(43,44)45/h3-23,27H,24-26,28-29H2,1-2H3. The van der Waals surface area contributed by atoms with E-state index in [1.807, 2.05) is 92.0 Å². The van der Waals surface area contributed by atoms with Crippen molar-refractivity contribution in [1.29, 1.82) is 0 Å². The summed E-state index contributed by atoms with van der Waals surface area (Å²) in [6.07, 6.45) is 2.05. The molecule has 5 aromatic rings. The third-order valence-corrected chi connectivity index (χ3v) is 10.5. The smallest absolute Gasteiger partial charge is 0.342 e. The molecule has 0 spiro atoms. The first-order chi connectivity index (χ1) is 25.3. The molecular formula is C41H38BrF3IN5O2. The molecule has 1 unspecified atom stereocenters. The Kier molecular flexibility index (Phi) is 13.6. The van der Waals surface area contributed by atoms with Crippen LogP contribution < -0.4 is 0 Å². The Morgan fingerprint density at radius 1 is 0.774 bits per heavy atom. The van der Waals surface area contributed by atoms with Gasteiger partial charge in [-0.1, -0.05) is 78.9 Å². The molecule has 0 aliphatic heterocycles. The van der Waals surface area contributed by atoms with Crippen molar-refractivity contribution >= 4 is 56.4 Å². The molecule has 0 N–H and O–H groups in total. The number of nitrogens with zero attached hydrogens (tertiary/aromatic N) is 5. The highest BCUT2D eigenvalue weighted by atomic mass is 127. The van der Waals surface area contributed by atoms with E-state index in [-0.39, 0.29) is 18.9 Å². The molecule has 2 amide bonds. The molecule has 0 aliphatic rings. The van der Waals surface area contributed by atoms with Crippen LogP contribution in [0.1, 0.15) is 27.8 Å². The van der Waals surface area contributed by atoms with Crippen LogP contribution in [-0.4, -0.2) is 67.2 Å². The number of aromatic nitrogens is 2. The van der Waals surface area contributed by atoms with Crippen LogP contribution in [0.2, 0.25) is 0 Å². The zero-order valence-corrected chi connectivity index (χ0v) is 32.9. The largest absolute Gasteiger partial charge is 0.416 e. The number of pyridine rings is 2. The molecule has 3 aromatic carbocycles. The molecule has 0 saturated heterocycles. The number of halogens is 5. The van der Waals surface area contributed by atoms with Gasteiger partial charge in [-0.05, 0) is 104 Å². The van der Waals surface area contributed by atoms with Gasteiger partial charge in [-0.15, -0.1) is 0 Å². The van der Waals surface area contributed by atoms with Crippen molar-refractivity contribution in [3.8, 4) is 11.3 Å². The van der Waals surface area contributed by atoms with Gasteiger partial charge in [0.2, 0.25) is 5.91 Å². The lowest BCUT2D eigenvalue weighted by molar-refractivity contribution is -0.144. The van der Waals surface area contributed by atoms with Gasteiger partial charge in [0.05, 0.1) is 11.3 Å². The lowest BCUT2D eigenvalue weighted by atomic mass is 10.0. The Labute approximate surface area is 329 Å². The van der Waals surface area contributed by atoms with Crippen LogP contribution >= 0.6 is 38.5 Å². The quantitative estimate of drug-likeness (QED) is 0.0367. The Morgan fingerprint density at radius 3 is 2.08 bits per heavy atom. The van der Waals surface area contributed by atoms with Crippen LogP contribution in [0.3, 0.4) is 0 Å². The molecule has 2 heterocycles. The summed E-state index contributed by atoms with van der Waals surface area (Å²) in [4.78, 5) is 43.1. The number of amides is 2. The van der Waals surface area contributed by atoms with Crippen LogP contribution in [0, 0.1) is 0 Å². The molecule has 2 aromatic heterocycles. The van der Waals surface area contributed by atoms with Crippen LogP contribution in [-0.2, 0) is 35.3 Å². The SMILES string of the molecule is CN(CCN(C)C(=O)C(I)(Cc1ccccc1)N(Cc1ccc(-c2ccccn2)cc1)C(=O)C=Cc1ccc(C(F)(F)F)cc1)Cc1ccc(Br)nc1. The summed E-state index contributed by atoms with van der Waals surface area (Å²) in [5, 5.41) is 0. The molecule has 0 fully saturated rings. The van der Waals surface area contributed by atoms with E-state index in [0.717, 1.165) is 44.7 Å². The van der Waals surface area contributed by atoms with Crippen LogP contribution in [0.5, 0.6) is 0 Å². The normalized spacial score (nSPS) is 12.8. The average molecular weight is 897 g/mol. The van der Waals surface area contributed by atoms with Crippen molar-refractivity contribution in [1.82, 2.24) is 24.7 Å². The Bertz CT molecular complexity index is 1980. The minimum absolute atomic E-state index is 0.0878. The van der Waals surface area contributed by atoms with E-state index in [1.54, 1.807) is 29.2 Å². The monoisotopic (exact) mass is 895 g/mol. The van der Waals surface area contributed by atoms with E-state index < -0.39 is 21.2 Å². The maximum absolute atomic E-state index is 14.7. The lowest BCUT2D eigenvalue weighted by Crippen LogP contribution is -2.58. The fourth-order valence-corrected chi connectivity index (χ4v) is 7.17. The van der Waals surface area contributed by atoms with Crippen molar-refractivity contribution in [2.75, 3.05) is 27.2 Å². The van der Waals surface area contributed by atoms with Crippen LogP contribution in [0.15, 0.2) is 132 Å². The Hall–Kier alpha value is -4.40. The third kappa shape index (κ3) is 11.1. The second-order valence-corrected chi connectivity index (χ2v) is 15.3. The summed E-state index contributed by atoms with van der Waals surface area (Å²) in [7, 11) is 3.70. The number of carbonyl (C=O) groups is 2. The number of carbonyl (C=O) groups excluding carboxylic acids is 2. The van der Waals surface area contributed by atoms with Gasteiger partial charge >= 0.3 is 6.18 Å². The Balaban J connectivity index is 1.46. The molecule has 5 rings (SSSR count). The highest BCUT2D eigenvalue weighted by molar-refractivity contribution is 14.1. The molecule has 0 radical (unpaired) electrons. The highest BCUT2D eigenvalue weighted by Gasteiger charge is 2.45. The average Bonchev–Trinajstić information content (AvgIpc) is 3.16. The second kappa shape index (κ2) is 18.1. The van der Waals surface area contributed by atoms with E-state index >= 15 is 0 Å². The summed E-state index contributed by atoms with van der Waals surface area (Å²) in [5.41, 5.74) is 4.02.